The highest BCUT2D eigenvalue weighted by atomic mass is 16.5. The standard InChI is InChI=1S/C24H29N3O4/c1-5-13-31-20-11-9-18(10-12-20)25-22(28)15-21-23(29)27(24(30)26(21)16(2)3)19-8-6-7-17(4)14-19/h6-12,14,16,21H,5,13,15H2,1-4H3,(H,25,28)/t21-/m0/s1. The Bertz CT molecular complexity index is 956. The molecule has 31 heavy (non-hydrogen) atoms. The van der Waals surface area contributed by atoms with Crippen LogP contribution in [-0.4, -0.2) is 41.4 Å². The summed E-state index contributed by atoms with van der Waals surface area (Å²) >= 11 is 0. The normalized spacial score (nSPS) is 16.2. The summed E-state index contributed by atoms with van der Waals surface area (Å²) < 4.78 is 5.54. The molecule has 7 heteroatoms. The summed E-state index contributed by atoms with van der Waals surface area (Å²) in [5, 5.41) is 2.81. The van der Waals surface area contributed by atoms with E-state index in [2.05, 4.69) is 5.32 Å². The molecule has 0 radical (unpaired) electrons. The maximum Gasteiger partial charge on any atom is 0.332 e. The van der Waals surface area contributed by atoms with Crippen LogP contribution in [0.2, 0.25) is 0 Å². The van der Waals surface area contributed by atoms with Gasteiger partial charge in [-0.1, -0.05) is 19.1 Å². The summed E-state index contributed by atoms with van der Waals surface area (Å²) in [4.78, 5) is 41.5. The first-order valence-corrected chi connectivity index (χ1v) is 10.6. The van der Waals surface area contributed by atoms with E-state index in [9.17, 15) is 14.4 Å². The van der Waals surface area contributed by atoms with Gasteiger partial charge in [0.15, 0.2) is 0 Å². The van der Waals surface area contributed by atoms with Gasteiger partial charge in [0, 0.05) is 11.7 Å². The molecule has 1 saturated heterocycles. The average molecular weight is 424 g/mol. The minimum Gasteiger partial charge on any atom is -0.494 e. The Morgan fingerprint density at radius 2 is 1.84 bits per heavy atom. The van der Waals surface area contributed by atoms with E-state index in [-0.39, 0.29) is 24.3 Å². The number of benzene rings is 2. The number of anilines is 2. The van der Waals surface area contributed by atoms with Gasteiger partial charge in [-0.25, -0.2) is 9.69 Å². The van der Waals surface area contributed by atoms with Crippen molar-refractivity contribution in [2.45, 2.75) is 52.6 Å². The third-order valence-electron chi connectivity index (χ3n) is 5.06. The molecule has 1 atom stereocenters. The highest BCUT2D eigenvalue weighted by Crippen LogP contribution is 2.29. The molecule has 4 amide bonds. The second kappa shape index (κ2) is 9.64. The Morgan fingerprint density at radius 3 is 2.45 bits per heavy atom. The van der Waals surface area contributed by atoms with Gasteiger partial charge < -0.3 is 15.0 Å². The lowest BCUT2D eigenvalue weighted by Crippen LogP contribution is -2.42. The fourth-order valence-electron chi connectivity index (χ4n) is 3.62. The number of urea groups is 1. The van der Waals surface area contributed by atoms with Crippen LogP contribution in [0.1, 0.15) is 39.2 Å². The van der Waals surface area contributed by atoms with E-state index in [4.69, 9.17) is 4.74 Å². The van der Waals surface area contributed by atoms with Crippen molar-refractivity contribution in [3.63, 3.8) is 0 Å². The second-order valence-electron chi connectivity index (χ2n) is 7.94. The summed E-state index contributed by atoms with van der Waals surface area (Å²) in [6.07, 6.45) is 0.803. The van der Waals surface area contributed by atoms with Crippen LogP contribution in [-0.2, 0) is 9.59 Å². The Hall–Kier alpha value is -3.35. The highest BCUT2D eigenvalue weighted by molar-refractivity contribution is 6.22. The predicted octanol–water partition coefficient (Wildman–Crippen LogP) is 4.36. The fourth-order valence-corrected chi connectivity index (χ4v) is 3.62. The Morgan fingerprint density at radius 1 is 1.13 bits per heavy atom. The molecular formula is C24H29N3O4. The van der Waals surface area contributed by atoms with Crippen molar-refractivity contribution in [2.75, 3.05) is 16.8 Å². The first kappa shape index (κ1) is 22.3. The van der Waals surface area contributed by atoms with Crippen molar-refractivity contribution in [1.29, 1.82) is 0 Å². The topological polar surface area (TPSA) is 79.0 Å². The minimum atomic E-state index is -0.847. The number of hydrogen-bond donors (Lipinski definition) is 1. The number of imide groups is 1. The SMILES string of the molecule is CCCOc1ccc(NC(=O)C[C@H]2C(=O)N(c3cccc(C)c3)C(=O)N2C(C)C)cc1. The van der Waals surface area contributed by atoms with Crippen LogP contribution >= 0.6 is 0 Å². The van der Waals surface area contributed by atoms with Crippen LogP contribution in [0.25, 0.3) is 0 Å². The lowest BCUT2D eigenvalue weighted by molar-refractivity contribution is -0.124. The first-order chi connectivity index (χ1) is 14.8. The van der Waals surface area contributed by atoms with E-state index in [0.717, 1.165) is 17.7 Å². The van der Waals surface area contributed by atoms with Gasteiger partial charge >= 0.3 is 6.03 Å². The van der Waals surface area contributed by atoms with Gasteiger partial charge in [-0.3, -0.25) is 9.59 Å². The lowest BCUT2D eigenvalue weighted by Gasteiger charge is -2.25. The zero-order valence-corrected chi connectivity index (χ0v) is 18.4. The first-order valence-electron chi connectivity index (χ1n) is 10.6. The summed E-state index contributed by atoms with van der Waals surface area (Å²) in [6, 6.07) is 12.8. The molecule has 0 bridgehead atoms. The number of rotatable bonds is 8. The van der Waals surface area contributed by atoms with E-state index in [1.165, 1.54) is 9.80 Å². The van der Waals surface area contributed by atoms with Gasteiger partial charge in [-0.05, 0) is 69.2 Å². The molecule has 2 aromatic carbocycles. The van der Waals surface area contributed by atoms with E-state index in [1.54, 1.807) is 42.5 Å². The molecule has 0 aliphatic carbocycles. The second-order valence-corrected chi connectivity index (χ2v) is 7.94. The van der Waals surface area contributed by atoms with Crippen LogP contribution in [0.4, 0.5) is 16.2 Å². The van der Waals surface area contributed by atoms with Crippen molar-refractivity contribution >= 4 is 29.2 Å². The van der Waals surface area contributed by atoms with Crippen molar-refractivity contribution in [3.05, 3.63) is 54.1 Å². The number of ether oxygens (including phenoxy) is 1. The third kappa shape index (κ3) is 5.05. The van der Waals surface area contributed by atoms with Gasteiger partial charge in [0.25, 0.3) is 5.91 Å². The summed E-state index contributed by atoms with van der Waals surface area (Å²) in [7, 11) is 0. The van der Waals surface area contributed by atoms with Crippen LogP contribution in [0, 0.1) is 6.92 Å². The molecule has 3 rings (SSSR count). The maximum atomic E-state index is 13.1. The predicted molar refractivity (Wildman–Crippen MR) is 120 cm³/mol. The molecule has 0 spiro atoms. The van der Waals surface area contributed by atoms with Gasteiger partial charge in [0.05, 0.1) is 18.7 Å². The fraction of sp³-hybridized carbons (Fsp3) is 0.375. The van der Waals surface area contributed by atoms with Gasteiger partial charge in [-0.2, -0.15) is 0 Å². The molecule has 1 fully saturated rings. The monoisotopic (exact) mass is 423 g/mol. The average Bonchev–Trinajstić information content (AvgIpc) is 2.97. The number of nitrogens with zero attached hydrogens (tertiary/aromatic N) is 2. The van der Waals surface area contributed by atoms with Crippen LogP contribution < -0.4 is 15.0 Å². The molecule has 1 aliphatic heterocycles. The minimum absolute atomic E-state index is 0.112. The Labute approximate surface area is 183 Å². The molecule has 164 valence electrons. The molecule has 7 nitrogen and oxygen atoms in total. The molecule has 1 aliphatic rings. The van der Waals surface area contributed by atoms with Gasteiger partial charge in [0.1, 0.15) is 11.8 Å². The molecule has 2 aromatic rings. The smallest absolute Gasteiger partial charge is 0.332 e. The number of carbonyl (C=O) groups excluding carboxylic acids is 3. The van der Waals surface area contributed by atoms with Crippen molar-refractivity contribution in [3.8, 4) is 5.75 Å². The molecular weight excluding hydrogens is 394 g/mol. The quantitative estimate of drug-likeness (QED) is 0.640. The van der Waals surface area contributed by atoms with Crippen molar-refractivity contribution in [2.24, 2.45) is 0 Å². The van der Waals surface area contributed by atoms with Crippen LogP contribution in [0.5, 0.6) is 5.75 Å². The van der Waals surface area contributed by atoms with Crippen LogP contribution in [0.15, 0.2) is 48.5 Å². The highest BCUT2D eigenvalue weighted by Gasteiger charge is 2.47. The molecule has 0 saturated carbocycles. The van der Waals surface area contributed by atoms with Crippen LogP contribution in [0.3, 0.4) is 0 Å². The Balaban J connectivity index is 1.73. The Kier molecular flexibility index (Phi) is 6.95. The number of hydrogen-bond acceptors (Lipinski definition) is 4. The zero-order valence-electron chi connectivity index (χ0n) is 18.4. The number of aryl methyl sites for hydroxylation is 1. The zero-order chi connectivity index (χ0) is 22.5. The number of carbonyl (C=O) groups is 3. The summed E-state index contributed by atoms with van der Waals surface area (Å²) in [6.45, 7) is 8.24. The number of nitrogens with one attached hydrogen (secondary N) is 1. The number of amides is 4. The van der Waals surface area contributed by atoms with E-state index >= 15 is 0 Å². The molecule has 1 N–H and O–H groups in total. The van der Waals surface area contributed by atoms with E-state index in [0.29, 0.717) is 18.0 Å². The van der Waals surface area contributed by atoms with Gasteiger partial charge in [0.2, 0.25) is 5.91 Å². The molecule has 0 unspecified atom stereocenters. The largest absolute Gasteiger partial charge is 0.494 e. The summed E-state index contributed by atoms with van der Waals surface area (Å²) in [5.74, 6) is 0.0177. The van der Waals surface area contributed by atoms with Crippen molar-refractivity contribution in [1.82, 2.24) is 4.90 Å². The molecule has 1 heterocycles. The van der Waals surface area contributed by atoms with Crippen molar-refractivity contribution < 1.29 is 19.1 Å². The third-order valence-corrected chi connectivity index (χ3v) is 5.06. The van der Waals surface area contributed by atoms with E-state index < -0.39 is 12.1 Å². The van der Waals surface area contributed by atoms with E-state index in [1.807, 2.05) is 33.8 Å². The lowest BCUT2D eigenvalue weighted by atomic mass is 10.1. The molecule has 0 aromatic heterocycles. The maximum absolute atomic E-state index is 13.1. The summed E-state index contributed by atoms with van der Waals surface area (Å²) in [5.41, 5.74) is 2.07. The van der Waals surface area contributed by atoms with Gasteiger partial charge in [-0.15, -0.1) is 0 Å².